The summed E-state index contributed by atoms with van der Waals surface area (Å²) in [6, 6.07) is 6.81. The van der Waals surface area contributed by atoms with Crippen LogP contribution in [0.2, 0.25) is 0 Å². The minimum absolute atomic E-state index is 0.145. The third kappa shape index (κ3) is 2.51. The first kappa shape index (κ1) is 13.4. The molecule has 21 heavy (non-hydrogen) atoms. The minimum Gasteiger partial charge on any atom is -0.492 e. The zero-order valence-electron chi connectivity index (χ0n) is 12.6. The molecule has 114 valence electrons. The molecule has 0 saturated carbocycles. The Hall–Kier alpha value is -1.26. The highest BCUT2D eigenvalue weighted by molar-refractivity contribution is 5.55. The minimum atomic E-state index is 0.145. The summed E-state index contributed by atoms with van der Waals surface area (Å²) in [5.41, 5.74) is 9.03. The molecule has 1 spiro atoms. The molecule has 2 fully saturated rings. The van der Waals surface area contributed by atoms with E-state index >= 15 is 0 Å². The number of piperidine rings is 1. The van der Waals surface area contributed by atoms with Crippen LogP contribution in [0.5, 0.6) is 5.75 Å². The molecular weight excluding hydrogens is 262 g/mol. The maximum absolute atomic E-state index is 5.96. The molecule has 0 aliphatic carbocycles. The van der Waals surface area contributed by atoms with Crippen LogP contribution < -0.4 is 20.7 Å². The van der Waals surface area contributed by atoms with Crippen molar-refractivity contribution in [3.05, 3.63) is 23.8 Å². The van der Waals surface area contributed by atoms with Gasteiger partial charge in [0.05, 0.1) is 0 Å². The smallest absolute Gasteiger partial charge is 0.124 e. The molecule has 0 bridgehead atoms. The largest absolute Gasteiger partial charge is 0.492 e. The highest BCUT2D eigenvalue weighted by atomic mass is 16.5. The van der Waals surface area contributed by atoms with Crippen molar-refractivity contribution in [3.63, 3.8) is 0 Å². The quantitative estimate of drug-likeness (QED) is 0.822. The number of hydrogen-bond acceptors (Lipinski definition) is 4. The van der Waals surface area contributed by atoms with Gasteiger partial charge in [0.2, 0.25) is 0 Å². The highest BCUT2D eigenvalue weighted by Crippen LogP contribution is 2.39. The van der Waals surface area contributed by atoms with Crippen molar-refractivity contribution in [2.75, 3.05) is 37.7 Å². The topological polar surface area (TPSA) is 50.5 Å². The Kier molecular flexibility index (Phi) is 3.31. The number of nitrogens with two attached hydrogens (primary N) is 1. The van der Waals surface area contributed by atoms with Crippen LogP contribution in [0.3, 0.4) is 0 Å². The van der Waals surface area contributed by atoms with E-state index in [0.29, 0.717) is 12.0 Å². The van der Waals surface area contributed by atoms with Gasteiger partial charge in [-0.2, -0.15) is 0 Å². The lowest BCUT2D eigenvalue weighted by Gasteiger charge is -2.34. The van der Waals surface area contributed by atoms with Crippen molar-refractivity contribution in [2.45, 2.75) is 31.7 Å². The number of anilines is 1. The lowest BCUT2D eigenvalue weighted by Crippen LogP contribution is -2.41. The fourth-order valence-electron chi connectivity index (χ4n) is 4.12. The Labute approximate surface area is 126 Å². The molecule has 1 aromatic carbocycles. The molecule has 4 heteroatoms. The van der Waals surface area contributed by atoms with Gasteiger partial charge in [-0.05, 0) is 43.9 Å². The molecule has 3 N–H and O–H groups in total. The zero-order chi connectivity index (χ0) is 14.3. The number of nitrogens with zero attached hydrogens (tertiary/aromatic N) is 1. The van der Waals surface area contributed by atoms with Crippen LogP contribution in [0.25, 0.3) is 0 Å². The summed E-state index contributed by atoms with van der Waals surface area (Å²) in [5, 5.41) is 3.58. The first-order chi connectivity index (χ1) is 10.2. The highest BCUT2D eigenvalue weighted by Gasteiger charge is 2.39. The summed E-state index contributed by atoms with van der Waals surface area (Å²) in [4.78, 5) is 2.53. The maximum Gasteiger partial charge on any atom is 0.124 e. The van der Waals surface area contributed by atoms with Crippen LogP contribution in [-0.4, -0.2) is 38.8 Å². The van der Waals surface area contributed by atoms with E-state index in [9.17, 15) is 0 Å². The van der Waals surface area contributed by atoms with Crippen LogP contribution in [0.4, 0.5) is 5.69 Å². The van der Waals surface area contributed by atoms with Crippen molar-refractivity contribution in [3.8, 4) is 5.75 Å². The van der Waals surface area contributed by atoms with E-state index in [1.807, 2.05) is 0 Å². The zero-order valence-corrected chi connectivity index (χ0v) is 12.6. The number of nitrogens with one attached hydrogen (secondary N) is 1. The SMILES string of the molecule is N[C@H]1COc2cc(N3CC[C@]4(CCCNC4)C3)ccc2C1. The maximum atomic E-state index is 5.96. The number of benzene rings is 1. The number of fused-ring (bicyclic) bond motifs is 1. The Balaban J connectivity index is 1.52. The average molecular weight is 287 g/mol. The molecule has 3 aliphatic heterocycles. The van der Waals surface area contributed by atoms with Gasteiger partial charge in [0.15, 0.2) is 0 Å². The normalized spacial score (nSPS) is 32.0. The predicted molar refractivity (Wildman–Crippen MR) is 85.0 cm³/mol. The first-order valence-electron chi connectivity index (χ1n) is 8.21. The second kappa shape index (κ2) is 5.18. The van der Waals surface area contributed by atoms with E-state index in [1.54, 1.807) is 0 Å². The molecule has 0 unspecified atom stereocenters. The van der Waals surface area contributed by atoms with Crippen molar-refractivity contribution in [1.82, 2.24) is 5.32 Å². The Bertz CT molecular complexity index is 525. The molecule has 3 aliphatic rings. The van der Waals surface area contributed by atoms with Gasteiger partial charge in [-0.15, -0.1) is 0 Å². The van der Waals surface area contributed by atoms with Gasteiger partial charge in [-0.3, -0.25) is 0 Å². The molecule has 0 radical (unpaired) electrons. The summed E-state index contributed by atoms with van der Waals surface area (Å²) >= 11 is 0. The van der Waals surface area contributed by atoms with Gasteiger partial charge < -0.3 is 20.7 Å². The van der Waals surface area contributed by atoms with Crippen LogP contribution in [0.1, 0.15) is 24.8 Å². The van der Waals surface area contributed by atoms with Gasteiger partial charge >= 0.3 is 0 Å². The van der Waals surface area contributed by atoms with Crippen LogP contribution in [-0.2, 0) is 6.42 Å². The van der Waals surface area contributed by atoms with E-state index < -0.39 is 0 Å². The summed E-state index contributed by atoms with van der Waals surface area (Å²) in [5.74, 6) is 1.04. The lowest BCUT2D eigenvalue weighted by atomic mass is 9.80. The summed E-state index contributed by atoms with van der Waals surface area (Å²) < 4.78 is 5.81. The molecular formula is C17H25N3O. The van der Waals surface area contributed by atoms with Crippen molar-refractivity contribution < 1.29 is 4.74 Å². The first-order valence-corrected chi connectivity index (χ1v) is 8.21. The van der Waals surface area contributed by atoms with Crippen molar-refractivity contribution >= 4 is 5.69 Å². The summed E-state index contributed by atoms with van der Waals surface area (Å²) in [6.45, 7) is 5.36. The number of ether oxygens (including phenoxy) is 1. The molecule has 4 rings (SSSR count). The fourth-order valence-corrected chi connectivity index (χ4v) is 4.12. The standard InChI is InChI=1S/C17H25N3O/c18-14-8-13-2-3-15(9-16(13)21-10-14)20-7-5-17(12-20)4-1-6-19-11-17/h2-3,9,14,19H,1,4-8,10-12,18H2/t14-,17+/m1/s1. The van der Waals surface area contributed by atoms with E-state index in [0.717, 1.165) is 12.2 Å². The second-order valence-electron chi connectivity index (χ2n) is 7.02. The summed E-state index contributed by atoms with van der Waals surface area (Å²) in [6.07, 6.45) is 4.93. The number of hydrogen-bond donors (Lipinski definition) is 2. The van der Waals surface area contributed by atoms with E-state index in [4.69, 9.17) is 10.5 Å². The van der Waals surface area contributed by atoms with Gasteiger partial charge in [-0.25, -0.2) is 0 Å². The van der Waals surface area contributed by atoms with Crippen LogP contribution >= 0.6 is 0 Å². The van der Waals surface area contributed by atoms with Gasteiger partial charge in [0.25, 0.3) is 0 Å². The molecule has 2 saturated heterocycles. The Morgan fingerprint density at radius 3 is 3.14 bits per heavy atom. The van der Waals surface area contributed by atoms with E-state index in [1.165, 1.54) is 56.7 Å². The molecule has 3 heterocycles. The predicted octanol–water partition coefficient (Wildman–Crippen LogP) is 1.53. The van der Waals surface area contributed by atoms with Crippen LogP contribution in [0, 0.1) is 5.41 Å². The van der Waals surface area contributed by atoms with Gasteiger partial charge in [0.1, 0.15) is 12.4 Å². The Morgan fingerprint density at radius 1 is 1.33 bits per heavy atom. The Morgan fingerprint density at radius 2 is 2.29 bits per heavy atom. The number of rotatable bonds is 1. The summed E-state index contributed by atoms with van der Waals surface area (Å²) in [7, 11) is 0. The average Bonchev–Trinajstić information content (AvgIpc) is 2.91. The van der Waals surface area contributed by atoms with Gasteiger partial charge in [0, 0.05) is 42.8 Å². The molecule has 0 amide bonds. The molecule has 2 atom stereocenters. The lowest BCUT2D eigenvalue weighted by molar-refractivity contribution is 0.239. The second-order valence-corrected chi connectivity index (χ2v) is 7.02. The van der Waals surface area contributed by atoms with Crippen molar-refractivity contribution in [1.29, 1.82) is 0 Å². The van der Waals surface area contributed by atoms with Gasteiger partial charge in [-0.1, -0.05) is 6.07 Å². The van der Waals surface area contributed by atoms with E-state index in [-0.39, 0.29) is 6.04 Å². The monoisotopic (exact) mass is 287 g/mol. The fraction of sp³-hybridized carbons (Fsp3) is 0.647. The van der Waals surface area contributed by atoms with Crippen molar-refractivity contribution in [2.24, 2.45) is 11.1 Å². The molecule has 4 nitrogen and oxygen atoms in total. The van der Waals surface area contributed by atoms with Crippen LogP contribution in [0.15, 0.2) is 18.2 Å². The molecule has 1 aromatic rings. The molecule has 0 aromatic heterocycles. The third-order valence-corrected chi connectivity index (χ3v) is 5.35. The van der Waals surface area contributed by atoms with E-state index in [2.05, 4.69) is 28.4 Å². The third-order valence-electron chi connectivity index (χ3n) is 5.35.